The topological polar surface area (TPSA) is 49.3 Å². The first-order valence-electron chi connectivity index (χ1n) is 6.77. The van der Waals surface area contributed by atoms with E-state index in [-0.39, 0.29) is 17.3 Å². The summed E-state index contributed by atoms with van der Waals surface area (Å²) >= 11 is 0. The number of benzene rings is 1. The first-order valence-corrected chi connectivity index (χ1v) is 6.77. The van der Waals surface area contributed by atoms with Gasteiger partial charge in [-0.15, -0.1) is 0 Å². The fourth-order valence-electron chi connectivity index (χ4n) is 1.97. The summed E-state index contributed by atoms with van der Waals surface area (Å²) in [7, 11) is 0. The first kappa shape index (κ1) is 15.5. The van der Waals surface area contributed by atoms with Gasteiger partial charge in [0, 0.05) is 6.04 Å². The molecule has 0 aliphatic carbocycles. The van der Waals surface area contributed by atoms with E-state index >= 15 is 0 Å². The molecule has 0 amide bonds. The van der Waals surface area contributed by atoms with Crippen LogP contribution in [-0.2, 0) is 0 Å². The second-order valence-corrected chi connectivity index (χ2v) is 5.00. The first-order chi connectivity index (χ1) is 8.97. The van der Waals surface area contributed by atoms with Crippen LogP contribution in [0.25, 0.3) is 0 Å². The van der Waals surface area contributed by atoms with Crippen LogP contribution in [-0.4, -0.2) is 17.1 Å². The molecule has 0 bridgehead atoms. The lowest BCUT2D eigenvalue weighted by molar-refractivity contribution is 0.0697. The zero-order valence-corrected chi connectivity index (χ0v) is 11.7. The molecule has 0 saturated carbocycles. The number of nitrogens with one attached hydrogen (secondary N) is 1. The molecule has 106 valence electrons. The van der Waals surface area contributed by atoms with Crippen molar-refractivity contribution in [2.24, 2.45) is 5.92 Å². The van der Waals surface area contributed by atoms with Gasteiger partial charge in [0.05, 0.1) is 11.3 Å². The van der Waals surface area contributed by atoms with Gasteiger partial charge in [-0.2, -0.15) is 0 Å². The van der Waals surface area contributed by atoms with Crippen LogP contribution in [0.5, 0.6) is 0 Å². The van der Waals surface area contributed by atoms with E-state index in [1.54, 1.807) is 0 Å². The van der Waals surface area contributed by atoms with E-state index < -0.39 is 11.8 Å². The fraction of sp³-hybridized carbons (Fsp3) is 0.533. The number of hydrogen-bond acceptors (Lipinski definition) is 2. The Kier molecular flexibility index (Phi) is 5.80. The van der Waals surface area contributed by atoms with Crippen LogP contribution in [0, 0.1) is 11.7 Å². The number of halogens is 1. The van der Waals surface area contributed by atoms with E-state index in [9.17, 15) is 9.18 Å². The number of aromatic carboxylic acids is 1. The molecule has 2 unspecified atom stereocenters. The monoisotopic (exact) mass is 267 g/mol. The molecule has 2 N–H and O–H groups in total. The molecular formula is C15H22FNO2. The van der Waals surface area contributed by atoms with Gasteiger partial charge in [0.2, 0.25) is 0 Å². The maximum Gasteiger partial charge on any atom is 0.335 e. The molecule has 0 spiro atoms. The molecule has 0 aliphatic heterocycles. The molecule has 0 aliphatic rings. The second-order valence-electron chi connectivity index (χ2n) is 5.00. The summed E-state index contributed by atoms with van der Waals surface area (Å²) in [5, 5.41) is 12.0. The average Bonchev–Trinajstić information content (AvgIpc) is 2.39. The summed E-state index contributed by atoms with van der Waals surface area (Å²) in [6, 6.07) is 3.99. The Morgan fingerprint density at radius 3 is 2.58 bits per heavy atom. The third kappa shape index (κ3) is 4.54. The Bertz CT molecular complexity index is 434. The highest BCUT2D eigenvalue weighted by molar-refractivity contribution is 5.88. The van der Waals surface area contributed by atoms with Crippen LogP contribution in [0.15, 0.2) is 18.2 Å². The van der Waals surface area contributed by atoms with Crippen LogP contribution < -0.4 is 5.32 Å². The van der Waals surface area contributed by atoms with E-state index in [1.807, 2.05) is 6.92 Å². The number of rotatable bonds is 7. The van der Waals surface area contributed by atoms with Crippen molar-refractivity contribution in [3.8, 4) is 0 Å². The highest BCUT2D eigenvalue weighted by atomic mass is 19.1. The van der Waals surface area contributed by atoms with Gasteiger partial charge in [0.15, 0.2) is 0 Å². The minimum atomic E-state index is -1.04. The summed E-state index contributed by atoms with van der Waals surface area (Å²) in [6.45, 7) is 6.33. The number of carboxylic acid groups (broad SMARTS) is 1. The third-order valence-electron chi connectivity index (χ3n) is 3.45. The van der Waals surface area contributed by atoms with Crippen LogP contribution >= 0.6 is 0 Å². The van der Waals surface area contributed by atoms with E-state index in [2.05, 4.69) is 19.2 Å². The standard InChI is InChI=1S/C15H22FNO2/c1-4-10(3)8-12(5-2)17-14-9-11(15(18)19)6-7-13(14)16/h6-7,9-10,12,17H,4-5,8H2,1-3H3,(H,18,19). The van der Waals surface area contributed by atoms with Gasteiger partial charge in [0.25, 0.3) is 0 Å². The molecule has 0 saturated heterocycles. The third-order valence-corrected chi connectivity index (χ3v) is 3.45. The summed E-state index contributed by atoms with van der Waals surface area (Å²) in [6.07, 6.45) is 2.90. The fourth-order valence-corrected chi connectivity index (χ4v) is 1.97. The Hall–Kier alpha value is -1.58. The summed E-state index contributed by atoms with van der Waals surface area (Å²) in [4.78, 5) is 10.9. The molecule has 4 heteroatoms. The maximum atomic E-state index is 13.7. The smallest absolute Gasteiger partial charge is 0.335 e. The van der Waals surface area contributed by atoms with Crippen molar-refractivity contribution in [3.63, 3.8) is 0 Å². The van der Waals surface area contributed by atoms with Gasteiger partial charge < -0.3 is 10.4 Å². The van der Waals surface area contributed by atoms with Crippen molar-refractivity contribution in [2.45, 2.75) is 46.1 Å². The normalized spacial score (nSPS) is 13.9. The molecule has 1 aromatic carbocycles. The number of anilines is 1. The lowest BCUT2D eigenvalue weighted by Gasteiger charge is -2.22. The largest absolute Gasteiger partial charge is 0.478 e. The predicted molar refractivity (Wildman–Crippen MR) is 75.1 cm³/mol. The molecule has 2 atom stereocenters. The van der Waals surface area contributed by atoms with E-state index in [1.165, 1.54) is 18.2 Å². The van der Waals surface area contributed by atoms with Crippen molar-refractivity contribution in [1.82, 2.24) is 0 Å². The second kappa shape index (κ2) is 7.12. The molecule has 1 rings (SSSR count). The van der Waals surface area contributed by atoms with Gasteiger partial charge in [-0.05, 0) is 37.0 Å². The van der Waals surface area contributed by atoms with Crippen LogP contribution in [0.3, 0.4) is 0 Å². The molecule has 3 nitrogen and oxygen atoms in total. The minimum Gasteiger partial charge on any atom is -0.478 e. The van der Waals surface area contributed by atoms with Crippen LogP contribution in [0.2, 0.25) is 0 Å². The van der Waals surface area contributed by atoms with Gasteiger partial charge in [-0.3, -0.25) is 0 Å². The molecule has 0 heterocycles. The lowest BCUT2D eigenvalue weighted by atomic mass is 9.97. The Morgan fingerprint density at radius 2 is 2.05 bits per heavy atom. The summed E-state index contributed by atoms with van der Waals surface area (Å²) < 4.78 is 13.7. The molecule has 0 radical (unpaired) electrons. The average molecular weight is 267 g/mol. The highest BCUT2D eigenvalue weighted by Gasteiger charge is 2.14. The van der Waals surface area contributed by atoms with E-state index in [0.717, 1.165) is 19.3 Å². The zero-order chi connectivity index (χ0) is 14.4. The van der Waals surface area contributed by atoms with E-state index in [0.29, 0.717) is 5.92 Å². The van der Waals surface area contributed by atoms with Crippen molar-refractivity contribution >= 4 is 11.7 Å². The van der Waals surface area contributed by atoms with Gasteiger partial charge in [0.1, 0.15) is 5.82 Å². The number of carbonyl (C=O) groups is 1. The molecule has 1 aromatic rings. The number of carboxylic acids is 1. The summed E-state index contributed by atoms with van der Waals surface area (Å²) in [5.41, 5.74) is 0.373. The molecule has 0 fully saturated rings. The Labute approximate surface area is 113 Å². The van der Waals surface area contributed by atoms with Gasteiger partial charge in [-0.25, -0.2) is 9.18 Å². The molecule has 19 heavy (non-hydrogen) atoms. The van der Waals surface area contributed by atoms with Crippen molar-refractivity contribution in [1.29, 1.82) is 0 Å². The maximum absolute atomic E-state index is 13.7. The Balaban J connectivity index is 2.84. The van der Waals surface area contributed by atoms with E-state index in [4.69, 9.17) is 5.11 Å². The molecular weight excluding hydrogens is 245 g/mol. The number of hydrogen-bond donors (Lipinski definition) is 2. The quantitative estimate of drug-likeness (QED) is 0.780. The minimum absolute atomic E-state index is 0.0993. The molecule has 0 aromatic heterocycles. The van der Waals surface area contributed by atoms with Crippen molar-refractivity contribution in [3.05, 3.63) is 29.6 Å². The van der Waals surface area contributed by atoms with Crippen molar-refractivity contribution in [2.75, 3.05) is 5.32 Å². The van der Waals surface area contributed by atoms with Crippen LogP contribution in [0.1, 0.15) is 50.4 Å². The van der Waals surface area contributed by atoms with Crippen LogP contribution in [0.4, 0.5) is 10.1 Å². The van der Waals surface area contributed by atoms with Crippen molar-refractivity contribution < 1.29 is 14.3 Å². The lowest BCUT2D eigenvalue weighted by Crippen LogP contribution is -2.22. The highest BCUT2D eigenvalue weighted by Crippen LogP contribution is 2.21. The predicted octanol–water partition coefficient (Wildman–Crippen LogP) is 4.15. The SMILES string of the molecule is CCC(C)CC(CC)Nc1cc(C(=O)O)ccc1F. The Morgan fingerprint density at radius 1 is 1.37 bits per heavy atom. The summed E-state index contributed by atoms with van der Waals surface area (Å²) in [5.74, 6) is -0.895. The van der Waals surface area contributed by atoms with Gasteiger partial charge >= 0.3 is 5.97 Å². The zero-order valence-electron chi connectivity index (χ0n) is 11.7. The van der Waals surface area contributed by atoms with Gasteiger partial charge in [-0.1, -0.05) is 27.2 Å².